The molecule has 0 saturated heterocycles. The molecule has 1 rings (SSSR count). The fourth-order valence-corrected chi connectivity index (χ4v) is 1.09. The average molecular weight is 190 g/mol. The molecule has 0 aliphatic heterocycles. The van der Waals surface area contributed by atoms with Gasteiger partial charge >= 0.3 is 0 Å². The number of rotatable bonds is 4. The number of carbonyl (C=O) groups excluding carboxylic acids is 2. The summed E-state index contributed by atoms with van der Waals surface area (Å²) in [6.07, 6.45) is 2.02. The van der Waals surface area contributed by atoms with Gasteiger partial charge in [0.05, 0.1) is 13.0 Å². The Bertz CT molecular complexity index is 308. The van der Waals surface area contributed by atoms with Crippen LogP contribution in [0.25, 0.3) is 0 Å². The van der Waals surface area contributed by atoms with Crippen molar-refractivity contribution in [3.05, 3.63) is 35.9 Å². The summed E-state index contributed by atoms with van der Waals surface area (Å²) in [5.74, 6) is -0.0699. The standard InChI is InChI=1S/C11H12NO2/c1-12(7-8-13)11(14)9-10-5-3-2-4-6-10/h2-6H,7,9H2,1H3. The van der Waals surface area contributed by atoms with Crippen LogP contribution in [0, 0.1) is 0 Å². The molecule has 0 heterocycles. The molecule has 3 nitrogen and oxygen atoms in total. The molecule has 0 aliphatic rings. The van der Waals surface area contributed by atoms with Gasteiger partial charge in [-0.05, 0) is 5.56 Å². The van der Waals surface area contributed by atoms with Crippen LogP contribution in [-0.4, -0.2) is 30.7 Å². The maximum Gasteiger partial charge on any atom is 0.227 e. The first kappa shape index (κ1) is 10.4. The fourth-order valence-electron chi connectivity index (χ4n) is 1.09. The molecule has 1 radical (unpaired) electrons. The fraction of sp³-hybridized carbons (Fsp3) is 0.273. The first-order valence-electron chi connectivity index (χ1n) is 4.37. The molecule has 0 bridgehead atoms. The number of nitrogens with zero attached hydrogens (tertiary/aromatic N) is 1. The Morgan fingerprint density at radius 1 is 1.36 bits per heavy atom. The zero-order chi connectivity index (χ0) is 10.4. The zero-order valence-electron chi connectivity index (χ0n) is 8.06. The molecular weight excluding hydrogens is 178 g/mol. The molecule has 1 aromatic carbocycles. The normalized spacial score (nSPS) is 9.50. The third-order valence-corrected chi connectivity index (χ3v) is 1.93. The molecule has 14 heavy (non-hydrogen) atoms. The number of amides is 1. The van der Waals surface area contributed by atoms with Crippen molar-refractivity contribution in [2.75, 3.05) is 13.6 Å². The first-order valence-corrected chi connectivity index (χ1v) is 4.37. The third-order valence-electron chi connectivity index (χ3n) is 1.93. The minimum absolute atomic E-state index is 0.0334. The highest BCUT2D eigenvalue weighted by Gasteiger charge is 2.08. The van der Waals surface area contributed by atoms with Gasteiger partial charge in [-0.3, -0.25) is 9.59 Å². The van der Waals surface area contributed by atoms with E-state index in [1.54, 1.807) is 13.3 Å². The summed E-state index contributed by atoms with van der Waals surface area (Å²) in [5.41, 5.74) is 0.954. The third kappa shape index (κ3) is 3.01. The molecule has 0 saturated carbocycles. The van der Waals surface area contributed by atoms with Crippen LogP contribution in [0.3, 0.4) is 0 Å². The molecule has 3 heteroatoms. The summed E-state index contributed by atoms with van der Waals surface area (Å²) in [6, 6.07) is 9.44. The largest absolute Gasteiger partial charge is 0.338 e. The maximum absolute atomic E-state index is 11.4. The highest BCUT2D eigenvalue weighted by Crippen LogP contribution is 2.01. The molecule has 1 aromatic rings. The van der Waals surface area contributed by atoms with Crippen molar-refractivity contribution in [2.45, 2.75) is 6.42 Å². The Labute approximate surface area is 83.3 Å². The summed E-state index contributed by atoms with van der Waals surface area (Å²) < 4.78 is 0. The predicted molar refractivity (Wildman–Crippen MR) is 53.5 cm³/mol. The molecular formula is C11H12NO2. The second-order valence-corrected chi connectivity index (χ2v) is 3.06. The van der Waals surface area contributed by atoms with Crippen molar-refractivity contribution in [1.82, 2.24) is 4.90 Å². The molecule has 73 valence electrons. The van der Waals surface area contributed by atoms with Crippen LogP contribution in [0.1, 0.15) is 5.56 Å². The van der Waals surface area contributed by atoms with Crippen molar-refractivity contribution in [1.29, 1.82) is 0 Å². The van der Waals surface area contributed by atoms with E-state index in [1.807, 2.05) is 30.3 Å². The number of benzene rings is 1. The lowest BCUT2D eigenvalue weighted by Crippen LogP contribution is -2.29. The SMILES string of the molecule is CN(C[C]=O)C(=O)Cc1ccccc1. The van der Waals surface area contributed by atoms with Gasteiger partial charge in [0.2, 0.25) is 12.2 Å². The molecule has 0 N–H and O–H groups in total. The van der Waals surface area contributed by atoms with Crippen LogP contribution >= 0.6 is 0 Å². The van der Waals surface area contributed by atoms with E-state index in [-0.39, 0.29) is 12.5 Å². The van der Waals surface area contributed by atoms with Crippen LogP contribution in [0.2, 0.25) is 0 Å². The molecule has 1 amide bonds. The van der Waals surface area contributed by atoms with Crippen LogP contribution in [0.15, 0.2) is 30.3 Å². The lowest BCUT2D eigenvalue weighted by Gasteiger charge is -2.12. The predicted octanol–water partition coefficient (Wildman–Crippen LogP) is 0.797. The van der Waals surface area contributed by atoms with E-state index in [1.165, 1.54) is 4.90 Å². The highest BCUT2D eigenvalue weighted by molar-refractivity contribution is 5.80. The monoisotopic (exact) mass is 190 g/mol. The van der Waals surface area contributed by atoms with Gasteiger partial charge in [0.1, 0.15) is 0 Å². The molecule has 0 aliphatic carbocycles. The Morgan fingerprint density at radius 2 is 2.00 bits per heavy atom. The summed E-state index contributed by atoms with van der Waals surface area (Å²) >= 11 is 0. The van der Waals surface area contributed by atoms with Gasteiger partial charge in [-0.25, -0.2) is 0 Å². The number of likely N-dealkylation sites (N-methyl/N-ethyl adjacent to an activating group) is 1. The van der Waals surface area contributed by atoms with Crippen LogP contribution in [0.5, 0.6) is 0 Å². The Kier molecular flexibility index (Phi) is 3.85. The smallest absolute Gasteiger partial charge is 0.227 e. The lowest BCUT2D eigenvalue weighted by atomic mass is 10.1. The van der Waals surface area contributed by atoms with E-state index in [0.29, 0.717) is 6.42 Å². The summed E-state index contributed by atoms with van der Waals surface area (Å²) in [7, 11) is 1.59. The van der Waals surface area contributed by atoms with Gasteiger partial charge in [0.15, 0.2) is 0 Å². The van der Waals surface area contributed by atoms with Gasteiger partial charge < -0.3 is 4.90 Å². The minimum atomic E-state index is -0.0699. The zero-order valence-corrected chi connectivity index (χ0v) is 8.06. The van der Waals surface area contributed by atoms with E-state index in [9.17, 15) is 9.59 Å². The molecule has 0 unspecified atom stereocenters. The van der Waals surface area contributed by atoms with E-state index < -0.39 is 0 Å². The number of hydrogen-bond donors (Lipinski definition) is 0. The van der Waals surface area contributed by atoms with Crippen LogP contribution in [0.4, 0.5) is 0 Å². The Hall–Kier alpha value is -1.64. The summed E-state index contributed by atoms with van der Waals surface area (Å²) in [6.45, 7) is 0.0334. The van der Waals surface area contributed by atoms with Crippen molar-refractivity contribution in [3.8, 4) is 0 Å². The van der Waals surface area contributed by atoms with Crippen molar-refractivity contribution in [3.63, 3.8) is 0 Å². The van der Waals surface area contributed by atoms with Gasteiger partial charge in [-0.2, -0.15) is 0 Å². The van der Waals surface area contributed by atoms with E-state index in [4.69, 9.17) is 0 Å². The minimum Gasteiger partial charge on any atom is -0.338 e. The quantitative estimate of drug-likeness (QED) is 0.704. The van der Waals surface area contributed by atoms with Crippen molar-refractivity contribution >= 4 is 12.2 Å². The topological polar surface area (TPSA) is 37.4 Å². The number of hydrogen-bond acceptors (Lipinski definition) is 2. The van der Waals surface area contributed by atoms with Gasteiger partial charge in [0.25, 0.3) is 0 Å². The molecule has 0 aromatic heterocycles. The molecule has 0 spiro atoms. The number of carbonyl (C=O) groups is 1. The van der Waals surface area contributed by atoms with Gasteiger partial charge in [-0.15, -0.1) is 0 Å². The maximum atomic E-state index is 11.4. The van der Waals surface area contributed by atoms with Gasteiger partial charge in [0, 0.05) is 7.05 Å². The van der Waals surface area contributed by atoms with Crippen LogP contribution < -0.4 is 0 Å². The van der Waals surface area contributed by atoms with Crippen LogP contribution in [-0.2, 0) is 16.0 Å². The summed E-state index contributed by atoms with van der Waals surface area (Å²) in [4.78, 5) is 22.9. The average Bonchev–Trinajstić information content (AvgIpc) is 2.19. The first-order chi connectivity index (χ1) is 6.74. The van der Waals surface area contributed by atoms with E-state index >= 15 is 0 Å². The van der Waals surface area contributed by atoms with Crippen molar-refractivity contribution in [2.24, 2.45) is 0 Å². The lowest BCUT2D eigenvalue weighted by molar-refractivity contribution is -0.128. The second-order valence-electron chi connectivity index (χ2n) is 3.06. The van der Waals surface area contributed by atoms with E-state index in [0.717, 1.165) is 5.56 Å². The second kappa shape index (κ2) is 5.17. The molecule has 0 atom stereocenters. The molecule has 0 fully saturated rings. The summed E-state index contributed by atoms with van der Waals surface area (Å²) in [5, 5.41) is 0. The van der Waals surface area contributed by atoms with Crippen molar-refractivity contribution < 1.29 is 9.59 Å². The Morgan fingerprint density at radius 3 is 2.57 bits per heavy atom. The van der Waals surface area contributed by atoms with E-state index in [2.05, 4.69) is 0 Å². The highest BCUT2D eigenvalue weighted by atomic mass is 16.2. The Balaban J connectivity index is 2.53. The van der Waals surface area contributed by atoms with Gasteiger partial charge in [-0.1, -0.05) is 30.3 Å².